The molecule has 0 aliphatic carbocycles. The first-order valence-electron chi connectivity index (χ1n) is 7.83. The number of aromatic nitrogens is 3. The Morgan fingerprint density at radius 3 is 2.67 bits per heavy atom. The van der Waals surface area contributed by atoms with Crippen LogP contribution in [-0.4, -0.2) is 20.7 Å². The summed E-state index contributed by atoms with van der Waals surface area (Å²) in [6.45, 7) is 6.23. The zero-order valence-corrected chi connectivity index (χ0v) is 13.9. The van der Waals surface area contributed by atoms with Crippen molar-refractivity contribution >= 4 is 16.9 Å². The third-order valence-corrected chi connectivity index (χ3v) is 3.79. The minimum Gasteiger partial charge on any atom is -0.348 e. The van der Waals surface area contributed by atoms with Crippen LogP contribution in [0.15, 0.2) is 36.5 Å². The van der Waals surface area contributed by atoms with Crippen LogP contribution in [0.2, 0.25) is 0 Å². The summed E-state index contributed by atoms with van der Waals surface area (Å²) in [7, 11) is 0. The van der Waals surface area contributed by atoms with E-state index >= 15 is 0 Å². The fraction of sp³-hybridized carbons (Fsp3) is 0.278. The lowest BCUT2D eigenvalue weighted by molar-refractivity contribution is 0.0952. The SMILES string of the molecule is Cc1cc(C(=O)NCc2ccc(F)cc2)c2cnn(C(C)C)c2n1. The minimum atomic E-state index is -0.294. The number of hydrogen-bond acceptors (Lipinski definition) is 3. The molecule has 1 aromatic carbocycles. The van der Waals surface area contributed by atoms with E-state index in [9.17, 15) is 9.18 Å². The maximum atomic E-state index is 12.9. The summed E-state index contributed by atoms with van der Waals surface area (Å²) >= 11 is 0. The molecule has 124 valence electrons. The van der Waals surface area contributed by atoms with Crippen LogP contribution < -0.4 is 5.32 Å². The fourth-order valence-corrected chi connectivity index (χ4v) is 2.59. The summed E-state index contributed by atoms with van der Waals surface area (Å²) in [5.41, 5.74) is 2.85. The largest absolute Gasteiger partial charge is 0.348 e. The van der Waals surface area contributed by atoms with Crippen molar-refractivity contribution in [3.63, 3.8) is 0 Å². The second kappa shape index (κ2) is 6.39. The number of aryl methyl sites for hydroxylation is 1. The van der Waals surface area contributed by atoms with Gasteiger partial charge in [0.05, 0.1) is 17.1 Å². The highest BCUT2D eigenvalue weighted by Gasteiger charge is 2.16. The van der Waals surface area contributed by atoms with Crippen molar-refractivity contribution in [3.8, 4) is 0 Å². The number of carbonyl (C=O) groups is 1. The molecule has 0 saturated carbocycles. The molecule has 0 aliphatic heterocycles. The second-order valence-corrected chi connectivity index (χ2v) is 6.04. The van der Waals surface area contributed by atoms with Gasteiger partial charge in [-0.25, -0.2) is 14.1 Å². The van der Waals surface area contributed by atoms with Crippen LogP contribution in [0.1, 0.15) is 41.5 Å². The average molecular weight is 326 g/mol. The van der Waals surface area contributed by atoms with Gasteiger partial charge in [0.25, 0.3) is 5.91 Å². The molecule has 0 bridgehead atoms. The number of nitrogens with one attached hydrogen (secondary N) is 1. The number of halogens is 1. The number of pyridine rings is 1. The molecule has 0 unspecified atom stereocenters. The molecule has 0 atom stereocenters. The van der Waals surface area contributed by atoms with Gasteiger partial charge in [-0.3, -0.25) is 4.79 Å². The zero-order valence-electron chi connectivity index (χ0n) is 13.9. The molecule has 2 aromatic heterocycles. The van der Waals surface area contributed by atoms with Crippen molar-refractivity contribution in [2.75, 3.05) is 0 Å². The van der Waals surface area contributed by atoms with E-state index in [1.807, 2.05) is 20.8 Å². The number of amides is 1. The van der Waals surface area contributed by atoms with Gasteiger partial charge in [0.2, 0.25) is 0 Å². The van der Waals surface area contributed by atoms with Gasteiger partial charge in [0, 0.05) is 18.3 Å². The van der Waals surface area contributed by atoms with Crippen molar-refractivity contribution in [1.82, 2.24) is 20.1 Å². The minimum absolute atomic E-state index is 0.159. The third-order valence-electron chi connectivity index (χ3n) is 3.79. The first kappa shape index (κ1) is 16.1. The average Bonchev–Trinajstić information content (AvgIpc) is 2.97. The molecular weight excluding hydrogens is 307 g/mol. The summed E-state index contributed by atoms with van der Waals surface area (Å²) in [4.78, 5) is 17.1. The fourth-order valence-electron chi connectivity index (χ4n) is 2.59. The molecule has 0 fully saturated rings. The van der Waals surface area contributed by atoms with E-state index in [0.717, 1.165) is 16.6 Å². The summed E-state index contributed by atoms with van der Waals surface area (Å²) in [5.74, 6) is -0.490. The van der Waals surface area contributed by atoms with Crippen molar-refractivity contribution in [3.05, 3.63) is 59.2 Å². The first-order valence-corrected chi connectivity index (χ1v) is 7.83. The van der Waals surface area contributed by atoms with Crippen LogP contribution in [0.3, 0.4) is 0 Å². The monoisotopic (exact) mass is 326 g/mol. The van der Waals surface area contributed by atoms with Gasteiger partial charge in [0.15, 0.2) is 5.65 Å². The Hall–Kier alpha value is -2.76. The normalized spacial score (nSPS) is 11.2. The Kier molecular flexibility index (Phi) is 4.29. The molecule has 0 aliphatic rings. The lowest BCUT2D eigenvalue weighted by Crippen LogP contribution is -2.23. The van der Waals surface area contributed by atoms with E-state index in [2.05, 4.69) is 15.4 Å². The maximum absolute atomic E-state index is 12.9. The van der Waals surface area contributed by atoms with Gasteiger partial charge in [-0.05, 0) is 44.5 Å². The predicted octanol–water partition coefficient (Wildman–Crippen LogP) is 3.39. The molecule has 24 heavy (non-hydrogen) atoms. The first-order chi connectivity index (χ1) is 11.5. The van der Waals surface area contributed by atoms with Crippen LogP contribution >= 0.6 is 0 Å². The maximum Gasteiger partial charge on any atom is 0.252 e. The van der Waals surface area contributed by atoms with E-state index in [1.54, 1.807) is 29.1 Å². The molecule has 6 heteroatoms. The smallest absolute Gasteiger partial charge is 0.252 e. The van der Waals surface area contributed by atoms with E-state index in [4.69, 9.17) is 0 Å². The van der Waals surface area contributed by atoms with Crippen molar-refractivity contribution in [2.45, 2.75) is 33.4 Å². The van der Waals surface area contributed by atoms with Crippen LogP contribution in [0, 0.1) is 12.7 Å². The van der Waals surface area contributed by atoms with E-state index in [-0.39, 0.29) is 17.8 Å². The van der Waals surface area contributed by atoms with Gasteiger partial charge in [-0.2, -0.15) is 5.10 Å². The lowest BCUT2D eigenvalue weighted by Gasteiger charge is -2.09. The molecule has 1 amide bonds. The predicted molar refractivity (Wildman–Crippen MR) is 90.2 cm³/mol. The van der Waals surface area contributed by atoms with Crippen LogP contribution in [0.4, 0.5) is 4.39 Å². The lowest BCUT2D eigenvalue weighted by atomic mass is 10.1. The van der Waals surface area contributed by atoms with Gasteiger partial charge in [-0.1, -0.05) is 12.1 Å². The van der Waals surface area contributed by atoms with Crippen LogP contribution in [0.25, 0.3) is 11.0 Å². The van der Waals surface area contributed by atoms with E-state index in [1.165, 1.54) is 12.1 Å². The molecule has 3 aromatic rings. The molecule has 0 spiro atoms. The van der Waals surface area contributed by atoms with Crippen molar-refractivity contribution in [2.24, 2.45) is 0 Å². The summed E-state index contributed by atoms with van der Waals surface area (Å²) in [6.07, 6.45) is 1.68. The number of benzene rings is 1. The zero-order chi connectivity index (χ0) is 17.3. The number of nitrogens with zero attached hydrogens (tertiary/aromatic N) is 3. The van der Waals surface area contributed by atoms with Gasteiger partial charge in [0.1, 0.15) is 5.82 Å². The van der Waals surface area contributed by atoms with E-state index < -0.39 is 0 Å². The van der Waals surface area contributed by atoms with E-state index in [0.29, 0.717) is 17.8 Å². The molecule has 1 N–H and O–H groups in total. The Morgan fingerprint density at radius 2 is 2.00 bits per heavy atom. The number of hydrogen-bond donors (Lipinski definition) is 1. The second-order valence-electron chi connectivity index (χ2n) is 6.04. The number of carbonyl (C=O) groups excluding carboxylic acids is 1. The quantitative estimate of drug-likeness (QED) is 0.799. The molecule has 3 rings (SSSR count). The van der Waals surface area contributed by atoms with Gasteiger partial charge in [-0.15, -0.1) is 0 Å². The summed E-state index contributed by atoms with van der Waals surface area (Å²) in [6, 6.07) is 7.98. The summed E-state index contributed by atoms with van der Waals surface area (Å²) in [5, 5.41) is 7.93. The van der Waals surface area contributed by atoms with Gasteiger partial charge >= 0.3 is 0 Å². The Bertz CT molecular complexity index is 884. The van der Waals surface area contributed by atoms with Crippen molar-refractivity contribution in [1.29, 1.82) is 0 Å². The van der Waals surface area contributed by atoms with Crippen LogP contribution in [-0.2, 0) is 6.54 Å². The topological polar surface area (TPSA) is 59.8 Å². The van der Waals surface area contributed by atoms with Crippen LogP contribution in [0.5, 0.6) is 0 Å². The standard InChI is InChI=1S/C18H19FN4O/c1-11(2)23-17-16(10-21-23)15(8-12(3)22-17)18(24)20-9-13-4-6-14(19)7-5-13/h4-8,10-11H,9H2,1-3H3,(H,20,24). The molecule has 5 nitrogen and oxygen atoms in total. The third kappa shape index (κ3) is 3.13. The Labute approximate surface area is 139 Å². The van der Waals surface area contributed by atoms with Gasteiger partial charge < -0.3 is 5.32 Å². The number of fused-ring (bicyclic) bond motifs is 1. The Morgan fingerprint density at radius 1 is 1.29 bits per heavy atom. The molecule has 2 heterocycles. The highest BCUT2D eigenvalue weighted by atomic mass is 19.1. The Balaban J connectivity index is 1.88. The highest BCUT2D eigenvalue weighted by molar-refractivity contribution is 6.05. The summed E-state index contributed by atoms with van der Waals surface area (Å²) < 4.78 is 14.7. The van der Waals surface area contributed by atoms with Crippen molar-refractivity contribution < 1.29 is 9.18 Å². The highest BCUT2D eigenvalue weighted by Crippen LogP contribution is 2.21. The molecule has 0 saturated heterocycles. The number of rotatable bonds is 4. The molecular formula is C18H19FN4O. The molecule has 0 radical (unpaired) electrons.